The fourth-order valence-corrected chi connectivity index (χ4v) is 2.91. The molecule has 0 unspecified atom stereocenters. The van der Waals surface area contributed by atoms with Gasteiger partial charge in [-0.25, -0.2) is 15.0 Å². The number of hydrogen-bond donors (Lipinski definition) is 4. The van der Waals surface area contributed by atoms with Gasteiger partial charge in [-0.2, -0.15) is 0 Å². The molecule has 4 rings (SSSR count). The zero-order valence-corrected chi connectivity index (χ0v) is 11.9. The fraction of sp³-hybridized carbons (Fsp3) is 0.357. The second-order valence-corrected chi connectivity index (χ2v) is 5.50. The Morgan fingerprint density at radius 2 is 1.96 bits per heavy atom. The summed E-state index contributed by atoms with van der Waals surface area (Å²) in [5, 5.41) is 30.0. The van der Waals surface area contributed by atoms with E-state index in [0.29, 0.717) is 27.8 Å². The summed E-state index contributed by atoms with van der Waals surface area (Å²) < 4.78 is 7.15. The number of nitrogen functional groups attached to an aromatic ring is 1. The van der Waals surface area contributed by atoms with E-state index in [2.05, 4.69) is 15.0 Å². The molecule has 0 spiro atoms. The topological polar surface area (TPSA) is 140 Å². The Bertz CT molecular complexity index is 882. The van der Waals surface area contributed by atoms with Crippen LogP contribution in [-0.4, -0.2) is 59.8 Å². The molecule has 1 fully saturated rings. The number of fused-ring (bicyclic) bond motifs is 2. The van der Waals surface area contributed by atoms with Crippen molar-refractivity contribution >= 4 is 27.8 Å². The summed E-state index contributed by atoms with van der Waals surface area (Å²) >= 11 is 0. The van der Waals surface area contributed by atoms with Gasteiger partial charge >= 0.3 is 0 Å². The van der Waals surface area contributed by atoms with E-state index in [1.54, 1.807) is 16.7 Å². The van der Waals surface area contributed by atoms with Crippen molar-refractivity contribution in [3.8, 4) is 0 Å². The van der Waals surface area contributed by atoms with Crippen LogP contribution >= 0.6 is 0 Å². The molecular formula is C14H15N5O4. The van der Waals surface area contributed by atoms with Gasteiger partial charge in [-0.3, -0.25) is 0 Å². The Morgan fingerprint density at radius 3 is 2.70 bits per heavy atom. The van der Waals surface area contributed by atoms with Crippen molar-refractivity contribution in [3.05, 3.63) is 24.8 Å². The second-order valence-electron chi connectivity index (χ2n) is 5.50. The molecule has 1 aliphatic heterocycles. The standard InChI is InChI=1S/C14H15N5O4/c15-13-6-1-8-9(2-7(6)16-4-17-13)19(5-18-8)14-12(22)11(21)10(3-20)23-14/h1-2,4-5,10-12,14,20-22H,3H2,(H2,15,16,17)/t10-,11-,12-,14-/m1/s1. The zero-order valence-electron chi connectivity index (χ0n) is 11.9. The summed E-state index contributed by atoms with van der Waals surface area (Å²) in [6.07, 6.45) is -1.14. The highest BCUT2D eigenvalue weighted by atomic mass is 16.6. The van der Waals surface area contributed by atoms with Crippen molar-refractivity contribution in [1.29, 1.82) is 0 Å². The van der Waals surface area contributed by atoms with Crippen molar-refractivity contribution < 1.29 is 20.1 Å². The van der Waals surface area contributed by atoms with Crippen LogP contribution in [0.5, 0.6) is 0 Å². The molecule has 5 N–H and O–H groups in total. The summed E-state index contributed by atoms with van der Waals surface area (Å²) in [6, 6.07) is 3.53. The van der Waals surface area contributed by atoms with Crippen LogP contribution in [0.1, 0.15) is 6.23 Å². The average Bonchev–Trinajstić information content (AvgIpc) is 3.08. The highest BCUT2D eigenvalue weighted by Gasteiger charge is 2.43. The molecule has 0 saturated carbocycles. The maximum Gasteiger partial charge on any atom is 0.164 e. The van der Waals surface area contributed by atoms with Crippen LogP contribution in [0.25, 0.3) is 21.9 Å². The lowest BCUT2D eigenvalue weighted by Crippen LogP contribution is -2.33. The fourth-order valence-electron chi connectivity index (χ4n) is 2.91. The first-order valence-electron chi connectivity index (χ1n) is 7.09. The van der Waals surface area contributed by atoms with Gasteiger partial charge in [0.05, 0.1) is 29.5 Å². The molecule has 3 aromatic rings. The SMILES string of the molecule is Nc1ncnc2cc3c(cc12)ncn3[C@@H]1O[C@H](CO)[C@@H](O)[C@H]1O. The maximum absolute atomic E-state index is 10.2. The zero-order chi connectivity index (χ0) is 16.1. The first kappa shape index (κ1) is 14.3. The average molecular weight is 317 g/mol. The quantitative estimate of drug-likeness (QED) is 0.480. The molecule has 0 amide bonds. The number of aliphatic hydroxyl groups excluding tert-OH is 3. The maximum atomic E-state index is 10.2. The monoisotopic (exact) mass is 317 g/mol. The summed E-state index contributed by atoms with van der Waals surface area (Å²) in [7, 11) is 0. The number of hydrogen-bond acceptors (Lipinski definition) is 8. The molecule has 4 atom stereocenters. The summed E-state index contributed by atoms with van der Waals surface area (Å²) in [4.78, 5) is 12.4. The van der Waals surface area contributed by atoms with Gasteiger partial charge in [0.1, 0.15) is 30.5 Å². The number of imidazole rings is 1. The molecule has 0 radical (unpaired) electrons. The van der Waals surface area contributed by atoms with Crippen molar-refractivity contribution in [3.63, 3.8) is 0 Å². The van der Waals surface area contributed by atoms with E-state index in [0.717, 1.165) is 0 Å². The van der Waals surface area contributed by atoms with Crippen LogP contribution in [0.3, 0.4) is 0 Å². The first-order valence-corrected chi connectivity index (χ1v) is 7.09. The van der Waals surface area contributed by atoms with Crippen molar-refractivity contribution in [2.45, 2.75) is 24.5 Å². The number of ether oxygens (including phenoxy) is 1. The van der Waals surface area contributed by atoms with E-state index in [1.807, 2.05) is 0 Å². The van der Waals surface area contributed by atoms with Crippen molar-refractivity contribution in [1.82, 2.24) is 19.5 Å². The Balaban J connectivity index is 1.85. The van der Waals surface area contributed by atoms with Gasteiger partial charge in [0.2, 0.25) is 0 Å². The highest BCUT2D eigenvalue weighted by molar-refractivity contribution is 5.97. The Morgan fingerprint density at radius 1 is 1.13 bits per heavy atom. The van der Waals surface area contributed by atoms with Gasteiger partial charge < -0.3 is 30.4 Å². The van der Waals surface area contributed by atoms with Gasteiger partial charge in [0, 0.05) is 5.39 Å². The molecule has 2 aromatic heterocycles. The molecule has 1 saturated heterocycles. The first-order chi connectivity index (χ1) is 11.1. The van der Waals surface area contributed by atoms with Crippen LogP contribution in [0.15, 0.2) is 24.8 Å². The van der Waals surface area contributed by atoms with Crippen LogP contribution < -0.4 is 5.73 Å². The van der Waals surface area contributed by atoms with Crippen LogP contribution in [0.2, 0.25) is 0 Å². The minimum Gasteiger partial charge on any atom is -0.394 e. The van der Waals surface area contributed by atoms with Gasteiger partial charge in [0.25, 0.3) is 0 Å². The third kappa shape index (κ3) is 2.05. The predicted octanol–water partition coefficient (Wildman–Crippen LogP) is -0.827. The number of nitrogens with two attached hydrogens (primary N) is 1. The van der Waals surface area contributed by atoms with Crippen LogP contribution in [-0.2, 0) is 4.74 Å². The molecular weight excluding hydrogens is 302 g/mol. The van der Waals surface area contributed by atoms with E-state index in [9.17, 15) is 15.3 Å². The van der Waals surface area contributed by atoms with E-state index in [4.69, 9.17) is 10.5 Å². The van der Waals surface area contributed by atoms with E-state index in [-0.39, 0.29) is 6.61 Å². The van der Waals surface area contributed by atoms with Crippen molar-refractivity contribution in [2.24, 2.45) is 0 Å². The summed E-state index contributed by atoms with van der Waals surface area (Å²) in [5.41, 5.74) is 7.79. The third-order valence-electron chi connectivity index (χ3n) is 4.15. The number of nitrogens with zero attached hydrogens (tertiary/aromatic N) is 4. The van der Waals surface area contributed by atoms with Gasteiger partial charge in [-0.15, -0.1) is 0 Å². The number of aromatic nitrogens is 4. The lowest BCUT2D eigenvalue weighted by atomic mass is 10.1. The minimum absolute atomic E-state index is 0.361. The van der Waals surface area contributed by atoms with Crippen LogP contribution in [0, 0.1) is 0 Å². The van der Waals surface area contributed by atoms with E-state index < -0.39 is 24.5 Å². The number of benzene rings is 1. The molecule has 9 heteroatoms. The summed E-state index contributed by atoms with van der Waals surface area (Å²) in [5.74, 6) is 0.361. The number of aliphatic hydroxyl groups is 3. The smallest absolute Gasteiger partial charge is 0.164 e. The van der Waals surface area contributed by atoms with E-state index >= 15 is 0 Å². The molecule has 23 heavy (non-hydrogen) atoms. The Labute approximate surface area is 130 Å². The molecule has 1 aromatic carbocycles. The largest absolute Gasteiger partial charge is 0.394 e. The number of rotatable bonds is 2. The minimum atomic E-state index is -1.17. The highest BCUT2D eigenvalue weighted by Crippen LogP contribution is 2.33. The van der Waals surface area contributed by atoms with E-state index in [1.165, 1.54) is 12.7 Å². The van der Waals surface area contributed by atoms with Crippen LogP contribution in [0.4, 0.5) is 5.82 Å². The normalized spacial score (nSPS) is 28.0. The lowest BCUT2D eigenvalue weighted by Gasteiger charge is -2.17. The lowest BCUT2D eigenvalue weighted by molar-refractivity contribution is -0.0508. The molecule has 0 bridgehead atoms. The molecule has 0 aliphatic carbocycles. The Hall–Kier alpha value is -2.33. The molecule has 1 aliphatic rings. The Kier molecular flexibility index (Phi) is 3.16. The number of anilines is 1. The van der Waals surface area contributed by atoms with Crippen molar-refractivity contribution in [2.75, 3.05) is 12.3 Å². The molecule has 9 nitrogen and oxygen atoms in total. The molecule has 120 valence electrons. The third-order valence-corrected chi connectivity index (χ3v) is 4.15. The second kappa shape index (κ2) is 5.10. The van der Waals surface area contributed by atoms with Gasteiger partial charge in [-0.1, -0.05) is 0 Å². The molecule has 3 heterocycles. The predicted molar refractivity (Wildman–Crippen MR) is 80.3 cm³/mol. The summed E-state index contributed by atoms with van der Waals surface area (Å²) in [6.45, 7) is -0.381. The van der Waals surface area contributed by atoms with Gasteiger partial charge in [-0.05, 0) is 12.1 Å². The van der Waals surface area contributed by atoms with Gasteiger partial charge in [0.15, 0.2) is 6.23 Å².